The lowest BCUT2D eigenvalue weighted by Crippen LogP contribution is -2.57. The Kier molecular flexibility index (Phi) is 3.62. The third-order valence-corrected chi connectivity index (χ3v) is 2.86. The number of likely N-dealkylation sites (N-methyl/N-ethyl adjacent to an activating group) is 1. The second kappa shape index (κ2) is 5.16. The average Bonchev–Trinajstić information content (AvgIpc) is 2.25. The molecule has 1 saturated heterocycles. The molecular weight excluding hydrogens is 202 g/mol. The van der Waals surface area contributed by atoms with Gasteiger partial charge in [-0.3, -0.25) is 0 Å². The Hall–Kier alpha value is -1.29. The number of pyridine rings is 1. The molecule has 1 fully saturated rings. The first kappa shape index (κ1) is 11.2. The maximum atomic E-state index is 5.61. The molecule has 88 valence electrons. The van der Waals surface area contributed by atoms with Crippen LogP contribution in [-0.2, 0) is 0 Å². The first-order chi connectivity index (χ1) is 7.86. The molecule has 1 aliphatic rings. The highest BCUT2D eigenvalue weighted by Gasteiger charge is 2.26. The van der Waals surface area contributed by atoms with Crippen LogP contribution in [0, 0.1) is 0 Å². The van der Waals surface area contributed by atoms with Crippen molar-refractivity contribution in [3.8, 4) is 5.75 Å². The van der Waals surface area contributed by atoms with Gasteiger partial charge in [0.15, 0.2) is 11.6 Å². The minimum atomic E-state index is 0.555. The van der Waals surface area contributed by atoms with Gasteiger partial charge in [0.1, 0.15) is 0 Å². The molecule has 0 bridgehead atoms. The summed E-state index contributed by atoms with van der Waals surface area (Å²) in [5, 5.41) is 3.29. The second-order valence-corrected chi connectivity index (χ2v) is 3.86. The van der Waals surface area contributed by atoms with Gasteiger partial charge in [0, 0.05) is 25.8 Å². The molecule has 0 amide bonds. The molecule has 0 spiro atoms. The van der Waals surface area contributed by atoms with Crippen LogP contribution in [0.15, 0.2) is 18.3 Å². The monoisotopic (exact) mass is 221 g/mol. The number of hydrogen-bond donors (Lipinski definition) is 1. The second-order valence-electron chi connectivity index (χ2n) is 3.86. The minimum absolute atomic E-state index is 0.555. The van der Waals surface area contributed by atoms with Crippen LogP contribution < -0.4 is 15.0 Å². The van der Waals surface area contributed by atoms with E-state index in [0.29, 0.717) is 12.6 Å². The van der Waals surface area contributed by atoms with Crippen molar-refractivity contribution in [2.75, 3.05) is 31.1 Å². The predicted molar refractivity (Wildman–Crippen MR) is 65.1 cm³/mol. The zero-order valence-electron chi connectivity index (χ0n) is 9.94. The van der Waals surface area contributed by atoms with Gasteiger partial charge >= 0.3 is 0 Å². The molecule has 1 aromatic heterocycles. The lowest BCUT2D eigenvalue weighted by Gasteiger charge is -2.38. The van der Waals surface area contributed by atoms with Gasteiger partial charge in [0.05, 0.1) is 12.6 Å². The summed E-state index contributed by atoms with van der Waals surface area (Å²) in [4.78, 5) is 6.75. The summed E-state index contributed by atoms with van der Waals surface area (Å²) in [7, 11) is 0. The van der Waals surface area contributed by atoms with Gasteiger partial charge in [-0.2, -0.15) is 0 Å². The lowest BCUT2D eigenvalue weighted by atomic mass is 10.1. The van der Waals surface area contributed by atoms with Crippen LogP contribution >= 0.6 is 0 Å². The number of rotatable bonds is 5. The van der Waals surface area contributed by atoms with Crippen molar-refractivity contribution in [2.24, 2.45) is 0 Å². The molecule has 4 nitrogen and oxygen atoms in total. The Morgan fingerprint density at radius 1 is 1.50 bits per heavy atom. The fourth-order valence-corrected chi connectivity index (χ4v) is 1.94. The number of anilines is 1. The van der Waals surface area contributed by atoms with Gasteiger partial charge in [0.2, 0.25) is 0 Å². The molecule has 2 rings (SSSR count). The minimum Gasteiger partial charge on any atom is -0.490 e. The highest BCUT2D eigenvalue weighted by atomic mass is 16.5. The van der Waals surface area contributed by atoms with Gasteiger partial charge in [-0.15, -0.1) is 0 Å². The van der Waals surface area contributed by atoms with E-state index in [4.69, 9.17) is 4.74 Å². The Balaban J connectivity index is 2.21. The summed E-state index contributed by atoms with van der Waals surface area (Å²) in [5.74, 6) is 1.86. The third kappa shape index (κ3) is 2.11. The SMILES string of the molecule is CCOc1cccnc1N(CC)C1CNC1. The van der Waals surface area contributed by atoms with E-state index in [1.54, 1.807) is 0 Å². The molecule has 2 heterocycles. The van der Waals surface area contributed by atoms with Gasteiger partial charge in [-0.05, 0) is 26.0 Å². The maximum Gasteiger partial charge on any atom is 0.171 e. The van der Waals surface area contributed by atoms with E-state index >= 15 is 0 Å². The molecule has 1 N–H and O–H groups in total. The van der Waals surface area contributed by atoms with Crippen LogP contribution in [0.5, 0.6) is 5.75 Å². The molecule has 0 atom stereocenters. The Morgan fingerprint density at radius 3 is 2.88 bits per heavy atom. The summed E-state index contributed by atoms with van der Waals surface area (Å²) in [6, 6.07) is 4.46. The fraction of sp³-hybridized carbons (Fsp3) is 0.583. The summed E-state index contributed by atoms with van der Waals surface area (Å²) in [6.07, 6.45) is 1.83. The van der Waals surface area contributed by atoms with Crippen molar-refractivity contribution in [1.29, 1.82) is 0 Å². The largest absolute Gasteiger partial charge is 0.490 e. The van der Waals surface area contributed by atoms with E-state index in [1.807, 2.05) is 25.3 Å². The third-order valence-electron chi connectivity index (χ3n) is 2.86. The van der Waals surface area contributed by atoms with Crippen LogP contribution in [-0.4, -0.2) is 37.3 Å². The molecule has 0 radical (unpaired) electrons. The molecule has 0 aromatic carbocycles. The Bertz CT molecular complexity index is 339. The summed E-state index contributed by atoms with van der Waals surface area (Å²) < 4.78 is 5.61. The molecular formula is C12H19N3O. The van der Waals surface area contributed by atoms with Gasteiger partial charge in [-0.25, -0.2) is 4.98 Å². The van der Waals surface area contributed by atoms with Gasteiger partial charge < -0.3 is 15.0 Å². The molecule has 4 heteroatoms. The van der Waals surface area contributed by atoms with Crippen LogP contribution in [0.4, 0.5) is 5.82 Å². The lowest BCUT2D eigenvalue weighted by molar-refractivity contribution is 0.334. The average molecular weight is 221 g/mol. The quantitative estimate of drug-likeness (QED) is 0.812. The van der Waals surface area contributed by atoms with Gasteiger partial charge in [-0.1, -0.05) is 0 Å². The number of nitrogens with zero attached hydrogens (tertiary/aromatic N) is 2. The van der Waals surface area contributed by atoms with Gasteiger partial charge in [0.25, 0.3) is 0 Å². The fourth-order valence-electron chi connectivity index (χ4n) is 1.94. The number of aromatic nitrogens is 1. The van der Waals surface area contributed by atoms with Crippen molar-refractivity contribution in [3.63, 3.8) is 0 Å². The molecule has 16 heavy (non-hydrogen) atoms. The van der Waals surface area contributed by atoms with E-state index in [-0.39, 0.29) is 0 Å². The number of nitrogens with one attached hydrogen (secondary N) is 1. The zero-order valence-corrected chi connectivity index (χ0v) is 9.94. The molecule has 1 aromatic rings. The van der Waals surface area contributed by atoms with Crippen LogP contribution in [0.1, 0.15) is 13.8 Å². The zero-order chi connectivity index (χ0) is 11.4. The molecule has 0 aliphatic carbocycles. The van der Waals surface area contributed by atoms with E-state index in [2.05, 4.69) is 22.1 Å². The Morgan fingerprint density at radius 2 is 2.31 bits per heavy atom. The highest BCUT2D eigenvalue weighted by Crippen LogP contribution is 2.27. The summed E-state index contributed by atoms with van der Waals surface area (Å²) >= 11 is 0. The first-order valence-electron chi connectivity index (χ1n) is 5.92. The smallest absolute Gasteiger partial charge is 0.171 e. The summed E-state index contributed by atoms with van der Waals surface area (Å²) in [5.41, 5.74) is 0. The standard InChI is InChI=1S/C12H19N3O/c1-3-15(10-8-13-9-10)12-11(16-4-2)6-5-7-14-12/h5-7,10,13H,3-4,8-9H2,1-2H3. The number of ether oxygens (including phenoxy) is 1. The summed E-state index contributed by atoms with van der Waals surface area (Å²) in [6.45, 7) is 7.87. The molecule has 1 aliphatic heterocycles. The van der Waals surface area contributed by atoms with E-state index < -0.39 is 0 Å². The van der Waals surface area contributed by atoms with Crippen LogP contribution in [0.2, 0.25) is 0 Å². The van der Waals surface area contributed by atoms with Crippen molar-refractivity contribution in [1.82, 2.24) is 10.3 Å². The Labute approximate surface area is 96.6 Å². The first-order valence-corrected chi connectivity index (χ1v) is 5.92. The number of hydrogen-bond acceptors (Lipinski definition) is 4. The van der Waals surface area contributed by atoms with Crippen molar-refractivity contribution in [3.05, 3.63) is 18.3 Å². The molecule has 0 unspecified atom stereocenters. The maximum absolute atomic E-state index is 5.61. The van der Waals surface area contributed by atoms with Crippen LogP contribution in [0.25, 0.3) is 0 Å². The van der Waals surface area contributed by atoms with Crippen molar-refractivity contribution >= 4 is 5.82 Å². The molecule has 0 saturated carbocycles. The highest BCUT2D eigenvalue weighted by molar-refractivity contribution is 5.53. The normalized spacial score (nSPS) is 15.6. The van der Waals surface area contributed by atoms with E-state index in [9.17, 15) is 0 Å². The predicted octanol–water partition coefficient (Wildman–Crippen LogP) is 1.28. The van der Waals surface area contributed by atoms with Crippen molar-refractivity contribution < 1.29 is 4.74 Å². The van der Waals surface area contributed by atoms with Crippen LogP contribution in [0.3, 0.4) is 0 Å². The topological polar surface area (TPSA) is 37.4 Å². The van der Waals surface area contributed by atoms with Crippen molar-refractivity contribution in [2.45, 2.75) is 19.9 Å². The van der Waals surface area contributed by atoms with E-state index in [1.165, 1.54) is 0 Å². The van der Waals surface area contributed by atoms with E-state index in [0.717, 1.165) is 31.2 Å².